The van der Waals surface area contributed by atoms with Crippen molar-refractivity contribution in [2.45, 2.75) is 264 Å². The highest BCUT2D eigenvalue weighted by atomic mass is 16.6. The van der Waals surface area contributed by atoms with Crippen molar-refractivity contribution in [3.05, 3.63) is 267 Å². The van der Waals surface area contributed by atoms with Gasteiger partial charge in [0.1, 0.15) is 6.61 Å². The summed E-state index contributed by atoms with van der Waals surface area (Å²) in [5, 5.41) is 9.71. The summed E-state index contributed by atoms with van der Waals surface area (Å²) in [6.07, 6.45) is 135. The Morgan fingerprint density at radius 2 is 0.426 bits per heavy atom. The van der Waals surface area contributed by atoms with Gasteiger partial charge in [0.05, 0.1) is 6.61 Å². The lowest BCUT2D eigenvalue weighted by Crippen LogP contribution is -2.28. The van der Waals surface area contributed by atoms with Crippen LogP contribution in [-0.4, -0.2) is 36.4 Å². The van der Waals surface area contributed by atoms with Crippen molar-refractivity contribution in [2.75, 3.05) is 13.2 Å². The smallest absolute Gasteiger partial charge is 0.306 e. The number of allylic oxidation sites excluding steroid dienone is 44. The summed E-state index contributed by atoms with van der Waals surface area (Å²) >= 11 is 0. The largest absolute Gasteiger partial charge is 0.462 e. The molecule has 0 aliphatic carbocycles. The van der Waals surface area contributed by atoms with Gasteiger partial charge in [-0.1, -0.05) is 333 Å². The highest BCUT2D eigenvalue weighted by Gasteiger charge is 2.16. The summed E-state index contributed by atoms with van der Waals surface area (Å²) in [4.78, 5) is 24.7. The van der Waals surface area contributed by atoms with Crippen LogP contribution in [0.3, 0.4) is 0 Å². The molecule has 5 nitrogen and oxygen atoms in total. The van der Waals surface area contributed by atoms with Crippen LogP contribution >= 0.6 is 0 Å². The van der Waals surface area contributed by atoms with E-state index in [9.17, 15) is 14.7 Å². The van der Waals surface area contributed by atoms with Crippen LogP contribution in [0.15, 0.2) is 267 Å². The minimum absolute atomic E-state index is 0.0987. The third kappa shape index (κ3) is 77.6. The Hall–Kier alpha value is -6.82. The summed E-state index contributed by atoms with van der Waals surface area (Å²) in [7, 11) is 0. The molecule has 1 unspecified atom stereocenters. The second-order valence-electron chi connectivity index (χ2n) is 23.2. The lowest BCUT2D eigenvalue weighted by molar-refractivity contribution is -0.161. The molecule has 0 amide bonds. The van der Waals surface area contributed by atoms with Crippen LogP contribution in [0.4, 0.5) is 0 Å². The van der Waals surface area contributed by atoms with E-state index < -0.39 is 6.10 Å². The second kappa shape index (κ2) is 80.4. The molecule has 0 aromatic carbocycles. The molecule has 0 heterocycles. The van der Waals surface area contributed by atoms with Gasteiger partial charge < -0.3 is 14.6 Å². The molecular weight excluding hydrogens is 1150 g/mol. The van der Waals surface area contributed by atoms with Crippen molar-refractivity contribution in [1.29, 1.82) is 0 Å². The van der Waals surface area contributed by atoms with E-state index in [-0.39, 0.29) is 25.2 Å². The number of esters is 2. The Morgan fingerprint density at radius 1 is 0.245 bits per heavy atom. The van der Waals surface area contributed by atoms with Gasteiger partial charge >= 0.3 is 11.9 Å². The van der Waals surface area contributed by atoms with Gasteiger partial charge in [0.15, 0.2) is 6.10 Å². The fraction of sp³-hybridized carbons (Fsp3) is 0.483. The van der Waals surface area contributed by atoms with E-state index in [2.05, 4.69) is 281 Å². The highest BCUT2D eigenvalue weighted by Crippen LogP contribution is 2.13. The number of rotatable bonds is 64. The van der Waals surface area contributed by atoms with Crippen molar-refractivity contribution in [1.82, 2.24) is 0 Å². The molecule has 0 spiro atoms. The van der Waals surface area contributed by atoms with Gasteiger partial charge in [0, 0.05) is 12.8 Å². The Morgan fingerprint density at radius 3 is 0.638 bits per heavy atom. The Labute approximate surface area is 577 Å². The maximum absolute atomic E-state index is 12.4. The lowest BCUT2D eigenvalue weighted by atomic mass is 10.1. The molecule has 0 aromatic rings. The topological polar surface area (TPSA) is 72.8 Å². The summed E-state index contributed by atoms with van der Waals surface area (Å²) in [6, 6.07) is 0. The van der Waals surface area contributed by atoms with Crippen molar-refractivity contribution in [3.8, 4) is 0 Å². The Balaban J connectivity index is 3.69. The van der Waals surface area contributed by atoms with Crippen LogP contribution in [0.25, 0.3) is 0 Å². The molecule has 0 aliphatic rings. The molecule has 5 heteroatoms. The number of carbonyl (C=O) groups is 2. The van der Waals surface area contributed by atoms with Crippen LogP contribution in [0.2, 0.25) is 0 Å². The molecule has 0 saturated heterocycles. The number of aliphatic hydroxyl groups is 1. The van der Waals surface area contributed by atoms with Crippen LogP contribution in [0.5, 0.6) is 0 Å². The number of ether oxygens (including phenoxy) is 2. The van der Waals surface area contributed by atoms with E-state index in [0.29, 0.717) is 12.8 Å². The highest BCUT2D eigenvalue weighted by molar-refractivity contribution is 5.70. The quantitative estimate of drug-likeness (QED) is 0.0373. The number of unbranched alkanes of at least 4 members (excludes halogenated alkanes) is 12. The maximum atomic E-state index is 12.4. The predicted octanol–water partition coefficient (Wildman–Crippen LogP) is 26.5. The van der Waals surface area contributed by atoms with Crippen molar-refractivity contribution >= 4 is 11.9 Å². The first-order valence-corrected chi connectivity index (χ1v) is 36.9. The standard InChI is InChI=1S/C89H132O5/c1-3-5-7-9-11-13-15-17-19-21-23-25-27-29-31-33-35-37-39-41-43-44-46-48-50-52-54-56-58-60-62-64-66-68-70-72-74-76-78-80-82-84-89(92)94-87(85-90)86-93-88(91)83-81-79-77-75-73-71-69-67-65-63-61-59-57-55-53-51-49-47-45-42-40-38-36-34-32-30-28-26-24-22-20-18-16-14-12-10-8-6-4-2/h5-8,11-14,17-20,23-26,29-32,35-38,41-43,45-46,48-49,51-52,54-55,57-58,60-61,63-64,66,70,72,87,90H,3-4,9-10,15-16,21-22,27-28,33-34,39-40,44,47,50,53,56,59,62,65,67-69,71,73-86H2,1-2H3/b7-5-,8-6-,13-11-,14-12-,19-17-,20-18-,25-23-,26-24-,31-29-,32-30-,37-35-,38-36-,43-41-,45-42-,48-46-,51-49-,54-52-,57-55-,60-58-,63-61-,66-64-,72-70-. The first kappa shape index (κ1) is 87.2. The maximum Gasteiger partial charge on any atom is 0.306 e. The Kier molecular flexibility index (Phi) is 74.6. The monoisotopic (exact) mass is 1280 g/mol. The van der Waals surface area contributed by atoms with Crippen LogP contribution in [0, 0.1) is 0 Å². The van der Waals surface area contributed by atoms with Crippen LogP contribution in [-0.2, 0) is 19.1 Å². The zero-order chi connectivity index (χ0) is 67.5. The third-order valence-corrected chi connectivity index (χ3v) is 14.5. The van der Waals surface area contributed by atoms with Gasteiger partial charge in [-0.05, 0) is 180 Å². The van der Waals surface area contributed by atoms with E-state index in [1.54, 1.807) is 0 Å². The van der Waals surface area contributed by atoms with Crippen molar-refractivity contribution in [3.63, 3.8) is 0 Å². The average molecular weight is 1280 g/mol. The van der Waals surface area contributed by atoms with Gasteiger partial charge in [-0.15, -0.1) is 0 Å². The minimum atomic E-state index is -0.813. The fourth-order valence-electron chi connectivity index (χ4n) is 9.09. The molecule has 0 radical (unpaired) electrons. The van der Waals surface area contributed by atoms with Crippen LogP contribution in [0.1, 0.15) is 258 Å². The minimum Gasteiger partial charge on any atom is -0.462 e. The molecule has 0 saturated carbocycles. The molecule has 0 aliphatic heterocycles. The third-order valence-electron chi connectivity index (χ3n) is 14.5. The molecule has 0 bridgehead atoms. The normalized spacial score (nSPS) is 13.9. The first-order valence-electron chi connectivity index (χ1n) is 36.9. The number of carbonyl (C=O) groups excluding carboxylic acids is 2. The zero-order valence-corrected chi connectivity index (χ0v) is 59.3. The van der Waals surface area contributed by atoms with E-state index in [1.165, 1.54) is 32.1 Å². The van der Waals surface area contributed by atoms with Gasteiger partial charge in [-0.2, -0.15) is 0 Å². The SMILES string of the molecule is CC/C=C\C/C=C\C/C=C\C/C=C\C/C=C\C/C=C\C/C=C\C/C=C\C/C=C\C/C=C\C/C=C\C/C=C\CCCCCCC(=O)OC(CO)COC(=O)CCCCCCCCCC/C=C\C/C=C\C/C=C\C/C=C\C/C=C\C/C=C\C/C=C\C/C=C\C/C=C\C/C=C\CC. The van der Waals surface area contributed by atoms with Gasteiger partial charge in [-0.3, -0.25) is 9.59 Å². The number of hydrogen-bond acceptors (Lipinski definition) is 5. The molecular formula is C89H132O5. The molecule has 0 aromatic heterocycles. The number of hydrogen-bond donors (Lipinski definition) is 1. The summed E-state index contributed by atoms with van der Waals surface area (Å²) in [5.74, 6) is -0.649. The van der Waals surface area contributed by atoms with E-state index >= 15 is 0 Å². The zero-order valence-electron chi connectivity index (χ0n) is 59.3. The molecule has 94 heavy (non-hydrogen) atoms. The van der Waals surface area contributed by atoms with E-state index in [1.807, 2.05) is 0 Å². The molecule has 0 rings (SSSR count). The Bertz CT molecular complexity index is 2400. The molecule has 1 atom stereocenters. The average Bonchev–Trinajstić information content (AvgIpc) is 3.77. The molecule has 0 fully saturated rings. The number of aliphatic hydroxyl groups excluding tert-OH is 1. The second-order valence-corrected chi connectivity index (χ2v) is 23.2. The van der Waals surface area contributed by atoms with Crippen molar-refractivity contribution < 1.29 is 24.2 Å². The first-order chi connectivity index (χ1) is 46.6. The lowest BCUT2D eigenvalue weighted by Gasteiger charge is -2.15. The summed E-state index contributed by atoms with van der Waals surface area (Å²) in [5.41, 5.74) is 0. The predicted molar refractivity (Wildman–Crippen MR) is 416 cm³/mol. The summed E-state index contributed by atoms with van der Waals surface area (Å²) < 4.78 is 10.7. The fourth-order valence-corrected chi connectivity index (χ4v) is 9.09. The van der Waals surface area contributed by atoms with Gasteiger partial charge in [-0.25, -0.2) is 0 Å². The van der Waals surface area contributed by atoms with Gasteiger partial charge in [0.2, 0.25) is 0 Å². The summed E-state index contributed by atoms with van der Waals surface area (Å²) in [6.45, 7) is 3.87. The van der Waals surface area contributed by atoms with E-state index in [4.69, 9.17) is 9.47 Å². The van der Waals surface area contributed by atoms with Crippen LogP contribution < -0.4 is 0 Å². The van der Waals surface area contributed by atoms with E-state index in [0.717, 1.165) is 199 Å². The van der Waals surface area contributed by atoms with Crippen molar-refractivity contribution in [2.24, 2.45) is 0 Å². The molecule has 1 N–H and O–H groups in total. The molecule has 518 valence electrons. The van der Waals surface area contributed by atoms with Gasteiger partial charge in [0.25, 0.3) is 0 Å².